The number of thiophene rings is 1. The fraction of sp³-hybridized carbons (Fsp3) is 0.500. The van der Waals surface area contributed by atoms with Gasteiger partial charge < -0.3 is 0 Å². The van der Waals surface area contributed by atoms with E-state index >= 15 is 0 Å². The van der Waals surface area contributed by atoms with Crippen LogP contribution in [0.25, 0.3) is 0 Å². The van der Waals surface area contributed by atoms with Crippen LogP contribution < -0.4 is 0 Å². The Hall–Kier alpha value is -1.15. The first-order valence-corrected chi connectivity index (χ1v) is 8.66. The maximum atomic E-state index is 3.96. The molecule has 0 unspecified atom stereocenters. The summed E-state index contributed by atoms with van der Waals surface area (Å²) in [6.07, 6.45) is 13.0. The molecule has 0 bridgehead atoms. The van der Waals surface area contributed by atoms with Crippen molar-refractivity contribution < 1.29 is 0 Å². The summed E-state index contributed by atoms with van der Waals surface area (Å²) in [7, 11) is 0. The van der Waals surface area contributed by atoms with E-state index in [1.165, 1.54) is 44.1 Å². The lowest BCUT2D eigenvalue weighted by Gasteiger charge is -1.97. The predicted octanol–water partition coefficient (Wildman–Crippen LogP) is 5.91. The van der Waals surface area contributed by atoms with Crippen LogP contribution in [0, 0.1) is 0 Å². The second-order valence-electron chi connectivity index (χ2n) is 4.96. The molecule has 20 heavy (non-hydrogen) atoms. The first-order valence-electron chi connectivity index (χ1n) is 7.78. The monoisotopic (exact) mass is 289 g/mol. The summed E-state index contributed by atoms with van der Waals surface area (Å²) >= 11 is 1.89. The van der Waals surface area contributed by atoms with Gasteiger partial charge in [0, 0.05) is 17.3 Å². The molecular weight excluding hydrogens is 262 g/mol. The summed E-state index contributed by atoms with van der Waals surface area (Å²) in [5, 5.41) is 2.17. The average Bonchev–Trinajstić information content (AvgIpc) is 3.02. The third-order valence-electron chi connectivity index (χ3n) is 3.24. The molecule has 0 aromatic carbocycles. The van der Waals surface area contributed by atoms with Crippen molar-refractivity contribution in [3.05, 3.63) is 52.5 Å². The van der Waals surface area contributed by atoms with Crippen molar-refractivity contribution in [2.45, 2.75) is 58.8 Å². The van der Waals surface area contributed by atoms with Crippen LogP contribution in [0.2, 0.25) is 0 Å². The van der Waals surface area contributed by atoms with Crippen LogP contribution in [-0.2, 0) is 12.8 Å². The van der Waals surface area contributed by atoms with Gasteiger partial charge in [0.15, 0.2) is 0 Å². The largest absolute Gasteiger partial charge is 0.264 e. The topological polar surface area (TPSA) is 12.9 Å². The Kier molecular flexibility index (Phi) is 9.85. The van der Waals surface area contributed by atoms with Crippen molar-refractivity contribution >= 4 is 11.3 Å². The first-order chi connectivity index (χ1) is 9.86. The minimum atomic E-state index is 1.08. The lowest BCUT2D eigenvalue weighted by atomic mass is 10.1. The van der Waals surface area contributed by atoms with Crippen molar-refractivity contribution in [1.82, 2.24) is 4.98 Å². The maximum Gasteiger partial charge on any atom is 0.0299 e. The highest BCUT2D eigenvalue weighted by atomic mass is 32.1. The highest BCUT2D eigenvalue weighted by Gasteiger charge is 1.93. The zero-order chi connectivity index (χ0) is 14.5. The van der Waals surface area contributed by atoms with E-state index < -0.39 is 0 Å². The highest BCUT2D eigenvalue weighted by Crippen LogP contribution is 2.13. The lowest BCUT2D eigenvalue weighted by molar-refractivity contribution is 0.634. The number of unbranched alkanes of at least 4 members (excludes halogenated alkanes) is 4. The number of hydrogen-bond donors (Lipinski definition) is 0. The van der Waals surface area contributed by atoms with Gasteiger partial charge in [-0.1, -0.05) is 51.7 Å². The van der Waals surface area contributed by atoms with E-state index in [1.807, 2.05) is 23.6 Å². The zero-order valence-corrected chi connectivity index (χ0v) is 13.7. The molecule has 2 rings (SSSR count). The fourth-order valence-electron chi connectivity index (χ4n) is 1.96. The van der Waals surface area contributed by atoms with E-state index in [0.717, 1.165) is 6.42 Å². The van der Waals surface area contributed by atoms with Crippen LogP contribution in [0.15, 0.2) is 42.0 Å². The Bertz CT molecular complexity index is 408. The van der Waals surface area contributed by atoms with Gasteiger partial charge in [0.05, 0.1) is 0 Å². The van der Waals surface area contributed by atoms with Gasteiger partial charge in [-0.15, -0.1) is 11.3 Å². The van der Waals surface area contributed by atoms with Gasteiger partial charge in [-0.05, 0) is 42.3 Å². The summed E-state index contributed by atoms with van der Waals surface area (Å²) < 4.78 is 0. The molecule has 2 aromatic heterocycles. The number of aryl methyl sites for hydroxylation is 2. The van der Waals surface area contributed by atoms with Crippen molar-refractivity contribution in [2.75, 3.05) is 0 Å². The Morgan fingerprint density at radius 2 is 1.85 bits per heavy atom. The molecular formula is C18H27NS. The van der Waals surface area contributed by atoms with Crippen molar-refractivity contribution in [2.24, 2.45) is 0 Å². The van der Waals surface area contributed by atoms with E-state index in [1.54, 1.807) is 11.1 Å². The Morgan fingerprint density at radius 1 is 1.00 bits per heavy atom. The van der Waals surface area contributed by atoms with Crippen molar-refractivity contribution in [3.8, 4) is 0 Å². The molecule has 2 heterocycles. The molecule has 2 heteroatoms. The fourth-order valence-corrected chi connectivity index (χ4v) is 2.72. The average molecular weight is 289 g/mol. The maximum absolute atomic E-state index is 3.96. The number of aromatic nitrogens is 1. The van der Waals surface area contributed by atoms with Crippen LogP contribution in [0.5, 0.6) is 0 Å². The molecule has 0 fully saturated rings. The molecule has 0 aliphatic heterocycles. The first kappa shape index (κ1) is 16.9. The van der Waals surface area contributed by atoms with Crippen LogP contribution in [0.4, 0.5) is 0 Å². The van der Waals surface area contributed by atoms with E-state index in [9.17, 15) is 0 Å². The molecule has 110 valence electrons. The second-order valence-corrected chi connectivity index (χ2v) is 5.99. The Morgan fingerprint density at radius 3 is 2.40 bits per heavy atom. The number of hydrogen-bond acceptors (Lipinski definition) is 2. The van der Waals surface area contributed by atoms with Crippen molar-refractivity contribution in [1.29, 1.82) is 0 Å². The van der Waals surface area contributed by atoms with Crippen LogP contribution in [0.1, 0.15) is 56.4 Å². The number of pyridine rings is 1. The molecule has 0 aliphatic carbocycles. The van der Waals surface area contributed by atoms with Gasteiger partial charge in [-0.3, -0.25) is 4.98 Å². The normalized spacial score (nSPS) is 9.90. The minimum absolute atomic E-state index is 1.08. The van der Waals surface area contributed by atoms with E-state index in [2.05, 4.69) is 42.4 Å². The van der Waals surface area contributed by atoms with Gasteiger partial charge in [-0.2, -0.15) is 0 Å². The summed E-state index contributed by atoms with van der Waals surface area (Å²) in [5.41, 5.74) is 1.30. The van der Waals surface area contributed by atoms with Crippen molar-refractivity contribution in [3.63, 3.8) is 0 Å². The third-order valence-corrected chi connectivity index (χ3v) is 4.17. The quantitative estimate of drug-likeness (QED) is 0.578. The molecule has 0 saturated heterocycles. The SMILES string of the molecule is CCCCCCCc1cccs1.CCc1cccnc1. The summed E-state index contributed by atoms with van der Waals surface area (Å²) in [5.74, 6) is 0. The summed E-state index contributed by atoms with van der Waals surface area (Å²) in [6, 6.07) is 8.42. The van der Waals surface area contributed by atoms with Crippen LogP contribution in [0.3, 0.4) is 0 Å². The van der Waals surface area contributed by atoms with Crippen LogP contribution >= 0.6 is 11.3 Å². The van der Waals surface area contributed by atoms with Gasteiger partial charge in [0.25, 0.3) is 0 Å². The number of rotatable bonds is 7. The molecule has 1 nitrogen and oxygen atoms in total. The molecule has 0 aliphatic rings. The van der Waals surface area contributed by atoms with E-state index in [-0.39, 0.29) is 0 Å². The second kappa shape index (κ2) is 11.7. The molecule has 0 spiro atoms. The van der Waals surface area contributed by atoms with Gasteiger partial charge in [0.2, 0.25) is 0 Å². The van der Waals surface area contributed by atoms with Crippen LogP contribution in [-0.4, -0.2) is 4.98 Å². The molecule has 0 amide bonds. The third kappa shape index (κ3) is 8.11. The van der Waals surface area contributed by atoms with E-state index in [0.29, 0.717) is 0 Å². The van der Waals surface area contributed by atoms with Gasteiger partial charge >= 0.3 is 0 Å². The molecule has 0 atom stereocenters. The van der Waals surface area contributed by atoms with Gasteiger partial charge in [-0.25, -0.2) is 0 Å². The number of nitrogens with zero attached hydrogens (tertiary/aromatic N) is 1. The standard InChI is InChI=1S/C11H18S.C7H9N/c1-2-3-4-5-6-8-11-9-7-10-12-11;1-2-7-4-3-5-8-6-7/h7,9-10H,2-6,8H2,1H3;3-6H,2H2,1H3. The minimum Gasteiger partial charge on any atom is -0.264 e. The molecule has 0 radical (unpaired) electrons. The van der Waals surface area contributed by atoms with Gasteiger partial charge in [0.1, 0.15) is 0 Å². The summed E-state index contributed by atoms with van der Waals surface area (Å²) in [6.45, 7) is 4.39. The highest BCUT2D eigenvalue weighted by molar-refractivity contribution is 7.09. The zero-order valence-electron chi connectivity index (χ0n) is 12.8. The lowest BCUT2D eigenvalue weighted by Crippen LogP contribution is -1.81. The Balaban J connectivity index is 0.000000217. The summed E-state index contributed by atoms with van der Waals surface area (Å²) in [4.78, 5) is 5.50. The molecule has 0 N–H and O–H groups in total. The Labute approximate surface area is 128 Å². The smallest absolute Gasteiger partial charge is 0.0299 e. The predicted molar refractivity (Wildman–Crippen MR) is 90.4 cm³/mol. The molecule has 0 saturated carbocycles. The van der Waals surface area contributed by atoms with E-state index in [4.69, 9.17) is 0 Å². The molecule has 2 aromatic rings.